The summed E-state index contributed by atoms with van der Waals surface area (Å²) in [5.41, 5.74) is 6.27. The Balaban J connectivity index is 1.52. The normalized spacial score (nSPS) is 10.7. The van der Waals surface area contributed by atoms with Crippen molar-refractivity contribution in [2.24, 2.45) is 0 Å². The van der Waals surface area contributed by atoms with Gasteiger partial charge in [0.05, 0.1) is 11.3 Å². The Bertz CT molecular complexity index is 1180. The summed E-state index contributed by atoms with van der Waals surface area (Å²) >= 11 is 1.22. The van der Waals surface area contributed by atoms with E-state index in [0.29, 0.717) is 27.5 Å². The molecule has 0 aliphatic carbocycles. The van der Waals surface area contributed by atoms with Gasteiger partial charge in [0.25, 0.3) is 5.91 Å². The van der Waals surface area contributed by atoms with Crippen molar-refractivity contribution in [1.82, 2.24) is 10.4 Å². The topological polar surface area (TPSA) is 84.2 Å². The summed E-state index contributed by atoms with van der Waals surface area (Å²) in [6, 6.07) is 14.1. The Morgan fingerprint density at radius 2 is 1.89 bits per heavy atom. The molecule has 4 aromatic rings. The molecule has 0 aliphatic rings. The number of nitrogens with one attached hydrogen (secondary N) is 2. The molecule has 0 fully saturated rings. The minimum atomic E-state index is -0.485. The highest BCUT2D eigenvalue weighted by molar-refractivity contribution is 7.14. The Morgan fingerprint density at radius 1 is 1.11 bits per heavy atom. The Labute approximate surface area is 156 Å². The van der Waals surface area contributed by atoms with Crippen LogP contribution in [0.3, 0.4) is 0 Å². The van der Waals surface area contributed by atoms with Gasteiger partial charge in [-0.05, 0) is 36.4 Å². The van der Waals surface area contributed by atoms with E-state index >= 15 is 0 Å². The van der Waals surface area contributed by atoms with Gasteiger partial charge >= 0.3 is 5.63 Å². The molecule has 0 spiro atoms. The number of carbonyl (C=O) groups is 1. The van der Waals surface area contributed by atoms with Gasteiger partial charge in [-0.25, -0.2) is 14.2 Å². The number of benzene rings is 2. The molecule has 2 aromatic carbocycles. The van der Waals surface area contributed by atoms with E-state index in [-0.39, 0.29) is 0 Å². The Hall–Kier alpha value is -3.52. The molecule has 0 saturated carbocycles. The first-order valence-electron chi connectivity index (χ1n) is 7.91. The second kappa shape index (κ2) is 7.00. The largest absolute Gasteiger partial charge is 0.422 e. The summed E-state index contributed by atoms with van der Waals surface area (Å²) in [5.74, 6) is -0.852. The van der Waals surface area contributed by atoms with Crippen molar-refractivity contribution in [2.45, 2.75) is 0 Å². The van der Waals surface area contributed by atoms with Crippen LogP contribution >= 0.6 is 11.3 Å². The van der Waals surface area contributed by atoms with Crippen LogP contribution in [-0.2, 0) is 0 Å². The second-order valence-corrected chi connectivity index (χ2v) is 6.47. The first-order valence-corrected chi connectivity index (χ1v) is 8.79. The van der Waals surface area contributed by atoms with Crippen LogP contribution < -0.4 is 16.5 Å². The number of rotatable bonds is 4. The van der Waals surface area contributed by atoms with Crippen molar-refractivity contribution in [2.75, 3.05) is 5.43 Å². The number of hydrazine groups is 1. The molecule has 0 bridgehead atoms. The molecule has 0 radical (unpaired) electrons. The quantitative estimate of drug-likeness (QED) is 0.415. The maximum absolute atomic E-state index is 12.9. The number of hydrogen-bond donors (Lipinski definition) is 2. The van der Waals surface area contributed by atoms with E-state index in [2.05, 4.69) is 15.8 Å². The lowest BCUT2D eigenvalue weighted by Crippen LogP contribution is -2.29. The van der Waals surface area contributed by atoms with Gasteiger partial charge in [-0.1, -0.05) is 18.2 Å². The van der Waals surface area contributed by atoms with Gasteiger partial charge in [-0.15, -0.1) is 11.3 Å². The van der Waals surface area contributed by atoms with Crippen LogP contribution in [0, 0.1) is 5.82 Å². The molecule has 0 aliphatic heterocycles. The number of amides is 1. The van der Waals surface area contributed by atoms with E-state index < -0.39 is 17.3 Å². The number of thiazole rings is 1. The predicted octanol–water partition coefficient (Wildman–Crippen LogP) is 3.81. The van der Waals surface area contributed by atoms with Crippen LogP contribution in [0.25, 0.3) is 22.2 Å². The molecule has 1 amide bonds. The fourth-order valence-corrected chi connectivity index (χ4v) is 3.14. The van der Waals surface area contributed by atoms with E-state index in [0.717, 1.165) is 5.39 Å². The Kier molecular flexibility index (Phi) is 4.39. The maximum Gasteiger partial charge on any atom is 0.345 e. The second-order valence-electron chi connectivity index (χ2n) is 5.61. The van der Waals surface area contributed by atoms with Gasteiger partial charge in [-0.2, -0.15) is 0 Å². The van der Waals surface area contributed by atoms with Crippen LogP contribution in [-0.4, -0.2) is 10.9 Å². The van der Waals surface area contributed by atoms with E-state index in [9.17, 15) is 14.0 Å². The molecular weight excluding hydrogens is 369 g/mol. The molecule has 0 unspecified atom stereocenters. The molecule has 0 atom stereocenters. The summed E-state index contributed by atoms with van der Waals surface area (Å²) < 4.78 is 18.2. The van der Waals surface area contributed by atoms with Gasteiger partial charge in [0.2, 0.25) is 5.13 Å². The van der Waals surface area contributed by atoms with E-state index in [1.165, 1.54) is 35.6 Å². The minimum absolute atomic E-state index is 0.302. The molecular formula is C19H12FN3O3S. The summed E-state index contributed by atoms with van der Waals surface area (Å²) in [4.78, 5) is 28.5. The SMILES string of the molecule is O=C(NNc1nc(-c2cc3ccccc3oc2=O)cs1)c1ccc(F)cc1. The molecule has 2 aromatic heterocycles. The van der Waals surface area contributed by atoms with Crippen molar-refractivity contribution >= 4 is 33.3 Å². The van der Waals surface area contributed by atoms with E-state index in [1.807, 2.05) is 12.1 Å². The van der Waals surface area contributed by atoms with Crippen molar-refractivity contribution in [3.05, 3.63) is 81.8 Å². The average Bonchev–Trinajstić information content (AvgIpc) is 3.15. The monoisotopic (exact) mass is 381 g/mol. The molecule has 4 rings (SSSR count). The lowest BCUT2D eigenvalue weighted by atomic mass is 10.1. The van der Waals surface area contributed by atoms with Crippen molar-refractivity contribution in [3.8, 4) is 11.3 Å². The van der Waals surface area contributed by atoms with Gasteiger partial charge in [0, 0.05) is 16.3 Å². The number of fused-ring (bicyclic) bond motifs is 1. The van der Waals surface area contributed by atoms with Gasteiger partial charge in [0.1, 0.15) is 11.4 Å². The van der Waals surface area contributed by atoms with E-state index in [1.54, 1.807) is 23.6 Å². The molecule has 2 N–H and O–H groups in total. The highest BCUT2D eigenvalue weighted by atomic mass is 32.1. The standard InChI is InChI=1S/C19H12FN3O3S/c20-13-7-5-11(6-8-13)17(24)22-23-19-21-15(10-27-19)14-9-12-3-1-2-4-16(12)26-18(14)25/h1-10H,(H,21,23)(H,22,24). The number of para-hydroxylation sites is 1. The molecule has 0 saturated heterocycles. The fourth-order valence-electron chi connectivity index (χ4n) is 2.48. The minimum Gasteiger partial charge on any atom is -0.422 e. The van der Waals surface area contributed by atoms with Crippen LogP contribution in [0.4, 0.5) is 9.52 Å². The van der Waals surface area contributed by atoms with Crippen LogP contribution in [0.1, 0.15) is 10.4 Å². The molecule has 6 nitrogen and oxygen atoms in total. The highest BCUT2D eigenvalue weighted by Crippen LogP contribution is 2.24. The molecule has 134 valence electrons. The van der Waals surface area contributed by atoms with Crippen molar-refractivity contribution in [1.29, 1.82) is 0 Å². The first kappa shape index (κ1) is 16.9. The van der Waals surface area contributed by atoms with Crippen LogP contribution in [0.15, 0.2) is 69.2 Å². The lowest BCUT2D eigenvalue weighted by Gasteiger charge is -2.05. The third kappa shape index (κ3) is 3.56. The predicted molar refractivity (Wildman–Crippen MR) is 101 cm³/mol. The number of anilines is 1. The van der Waals surface area contributed by atoms with Crippen LogP contribution in [0.5, 0.6) is 0 Å². The number of aromatic nitrogens is 1. The van der Waals surface area contributed by atoms with E-state index in [4.69, 9.17) is 4.42 Å². The average molecular weight is 381 g/mol. The van der Waals surface area contributed by atoms with Gasteiger partial charge in [0.15, 0.2) is 0 Å². The number of halogens is 1. The third-order valence-corrected chi connectivity index (χ3v) is 4.57. The van der Waals surface area contributed by atoms with Crippen molar-refractivity contribution < 1.29 is 13.6 Å². The number of hydrogen-bond acceptors (Lipinski definition) is 6. The van der Waals surface area contributed by atoms with Gasteiger partial charge in [-0.3, -0.25) is 15.6 Å². The van der Waals surface area contributed by atoms with Gasteiger partial charge < -0.3 is 4.42 Å². The van der Waals surface area contributed by atoms with Crippen LogP contribution in [0.2, 0.25) is 0 Å². The zero-order chi connectivity index (χ0) is 18.8. The third-order valence-electron chi connectivity index (χ3n) is 3.81. The number of nitrogens with zero attached hydrogens (tertiary/aromatic N) is 1. The number of carbonyl (C=O) groups excluding carboxylic acids is 1. The summed E-state index contributed by atoms with van der Waals surface area (Å²) in [6.45, 7) is 0. The smallest absolute Gasteiger partial charge is 0.345 e. The highest BCUT2D eigenvalue weighted by Gasteiger charge is 2.12. The summed E-state index contributed by atoms with van der Waals surface area (Å²) in [5, 5.41) is 2.88. The zero-order valence-corrected chi connectivity index (χ0v) is 14.5. The van der Waals surface area contributed by atoms with Crippen molar-refractivity contribution in [3.63, 3.8) is 0 Å². The zero-order valence-electron chi connectivity index (χ0n) is 13.7. The summed E-state index contributed by atoms with van der Waals surface area (Å²) in [7, 11) is 0. The summed E-state index contributed by atoms with van der Waals surface area (Å²) in [6.07, 6.45) is 0. The first-order chi connectivity index (χ1) is 13.1. The Morgan fingerprint density at radius 3 is 2.70 bits per heavy atom. The molecule has 27 heavy (non-hydrogen) atoms. The maximum atomic E-state index is 12.9. The molecule has 8 heteroatoms. The molecule has 2 heterocycles. The lowest BCUT2D eigenvalue weighted by molar-refractivity contribution is 0.0962. The fraction of sp³-hybridized carbons (Fsp3) is 0.